The van der Waals surface area contributed by atoms with Crippen LogP contribution in [0.3, 0.4) is 0 Å². The highest BCUT2D eigenvalue weighted by atomic mass is 32.2. The fourth-order valence-electron chi connectivity index (χ4n) is 3.23. The number of fused-ring (bicyclic) bond motifs is 1. The van der Waals surface area contributed by atoms with Crippen LogP contribution >= 0.6 is 11.8 Å². The molecule has 2 aliphatic heterocycles. The lowest BCUT2D eigenvalue weighted by Gasteiger charge is -2.41. The van der Waals surface area contributed by atoms with Crippen molar-refractivity contribution >= 4 is 23.7 Å². The van der Waals surface area contributed by atoms with Gasteiger partial charge in [-0.3, -0.25) is 0 Å². The number of anilines is 1. The van der Waals surface area contributed by atoms with Gasteiger partial charge in [-0.05, 0) is 34.6 Å². The van der Waals surface area contributed by atoms with Crippen LogP contribution in [0, 0.1) is 0 Å². The molecule has 1 fully saturated rings. The van der Waals surface area contributed by atoms with Gasteiger partial charge in [-0.15, -0.1) is 11.8 Å². The molecule has 1 aromatic heterocycles. The van der Waals surface area contributed by atoms with Crippen molar-refractivity contribution in [2.45, 2.75) is 57.3 Å². The average molecular weight is 350 g/mol. The summed E-state index contributed by atoms with van der Waals surface area (Å²) in [6, 6.07) is 0.197. The summed E-state index contributed by atoms with van der Waals surface area (Å²) >= 11 is 1.90. The minimum atomic E-state index is -0.461. The fraction of sp³-hybridized carbons (Fsp3) is 0.706. The maximum atomic E-state index is 12.3. The van der Waals surface area contributed by atoms with Crippen molar-refractivity contribution in [1.29, 1.82) is 0 Å². The summed E-state index contributed by atoms with van der Waals surface area (Å²) in [7, 11) is 0. The van der Waals surface area contributed by atoms with E-state index in [2.05, 4.69) is 28.7 Å². The maximum Gasteiger partial charge on any atom is 0.410 e. The van der Waals surface area contributed by atoms with Gasteiger partial charge in [0.2, 0.25) is 0 Å². The molecule has 0 spiro atoms. The number of hydrogen-bond acceptors (Lipinski definition) is 6. The molecule has 132 valence electrons. The number of carbonyl (C=O) groups excluding carboxylic acids is 1. The highest BCUT2D eigenvalue weighted by Gasteiger charge is 2.34. The lowest BCUT2D eigenvalue weighted by molar-refractivity contribution is 0.0218. The van der Waals surface area contributed by atoms with Crippen LogP contribution in [0.5, 0.6) is 0 Å². The zero-order valence-electron chi connectivity index (χ0n) is 15.1. The van der Waals surface area contributed by atoms with Gasteiger partial charge in [0.1, 0.15) is 17.7 Å². The number of amides is 1. The predicted molar refractivity (Wildman–Crippen MR) is 96.4 cm³/mol. The van der Waals surface area contributed by atoms with Crippen molar-refractivity contribution in [1.82, 2.24) is 14.9 Å². The summed E-state index contributed by atoms with van der Waals surface area (Å²) in [5, 5.41) is 0.423. The van der Waals surface area contributed by atoms with Crippen LogP contribution in [0.15, 0.2) is 6.33 Å². The third-order valence-electron chi connectivity index (χ3n) is 4.37. The number of nitrogens with zero attached hydrogens (tertiary/aromatic N) is 4. The van der Waals surface area contributed by atoms with E-state index in [4.69, 9.17) is 4.74 Å². The Kier molecular flexibility index (Phi) is 4.64. The molecule has 1 amide bonds. The summed E-state index contributed by atoms with van der Waals surface area (Å²) in [6.07, 6.45) is 1.44. The standard InChI is InChI=1S/C17H26N4O2S/c1-11-8-20(16(22)23-17(3,4)5)6-7-21(11)15-14-12(2)24-9-13(14)18-10-19-15/h10-12H,6-9H2,1-5H3/t11-,12+/m0/s1. The predicted octanol–water partition coefficient (Wildman–Crippen LogP) is 3.23. The van der Waals surface area contributed by atoms with E-state index in [1.807, 2.05) is 32.5 Å². The Morgan fingerprint density at radius 3 is 2.71 bits per heavy atom. The lowest BCUT2D eigenvalue weighted by atomic mass is 10.1. The molecule has 2 aliphatic rings. The number of aromatic nitrogens is 2. The van der Waals surface area contributed by atoms with Crippen LogP contribution in [0.1, 0.15) is 51.1 Å². The van der Waals surface area contributed by atoms with Crippen LogP contribution in [-0.2, 0) is 10.5 Å². The third-order valence-corrected chi connectivity index (χ3v) is 5.55. The molecule has 0 saturated carbocycles. The molecule has 7 heteroatoms. The topological polar surface area (TPSA) is 58.6 Å². The van der Waals surface area contributed by atoms with Crippen LogP contribution in [0.4, 0.5) is 10.6 Å². The van der Waals surface area contributed by atoms with Crippen LogP contribution in [0.2, 0.25) is 0 Å². The molecule has 24 heavy (non-hydrogen) atoms. The van der Waals surface area contributed by atoms with Gasteiger partial charge in [-0.25, -0.2) is 14.8 Å². The first-order valence-electron chi connectivity index (χ1n) is 8.46. The number of ether oxygens (including phenoxy) is 1. The second-order valence-electron chi connectivity index (χ2n) is 7.48. The van der Waals surface area contributed by atoms with Crippen molar-refractivity contribution < 1.29 is 9.53 Å². The fourth-order valence-corrected chi connectivity index (χ4v) is 4.28. The van der Waals surface area contributed by atoms with Gasteiger partial charge in [0, 0.05) is 42.2 Å². The number of carbonyl (C=O) groups is 1. The molecule has 1 saturated heterocycles. The molecule has 3 rings (SSSR count). The largest absolute Gasteiger partial charge is 0.444 e. The number of thioether (sulfide) groups is 1. The van der Waals surface area contributed by atoms with Crippen molar-refractivity contribution in [2.24, 2.45) is 0 Å². The Hall–Kier alpha value is -1.50. The lowest BCUT2D eigenvalue weighted by Crippen LogP contribution is -2.55. The zero-order valence-corrected chi connectivity index (χ0v) is 15.9. The summed E-state index contributed by atoms with van der Waals surface area (Å²) < 4.78 is 5.50. The van der Waals surface area contributed by atoms with E-state index in [1.54, 1.807) is 11.2 Å². The molecule has 0 N–H and O–H groups in total. The van der Waals surface area contributed by atoms with Gasteiger partial charge in [-0.2, -0.15) is 0 Å². The summed E-state index contributed by atoms with van der Waals surface area (Å²) in [5.74, 6) is 1.99. The molecule has 2 atom stereocenters. The quantitative estimate of drug-likeness (QED) is 0.775. The first-order chi connectivity index (χ1) is 11.3. The van der Waals surface area contributed by atoms with Gasteiger partial charge >= 0.3 is 6.09 Å². The molecule has 0 bridgehead atoms. The van der Waals surface area contributed by atoms with Crippen molar-refractivity contribution in [2.75, 3.05) is 24.5 Å². The molecule has 3 heterocycles. The van der Waals surface area contributed by atoms with E-state index in [-0.39, 0.29) is 12.1 Å². The highest BCUT2D eigenvalue weighted by molar-refractivity contribution is 7.99. The highest BCUT2D eigenvalue weighted by Crippen LogP contribution is 2.44. The second kappa shape index (κ2) is 6.43. The minimum Gasteiger partial charge on any atom is -0.444 e. The van der Waals surface area contributed by atoms with Crippen LogP contribution < -0.4 is 4.90 Å². The number of piperazine rings is 1. The third kappa shape index (κ3) is 3.45. The number of hydrogen-bond donors (Lipinski definition) is 0. The van der Waals surface area contributed by atoms with E-state index in [1.165, 1.54) is 5.56 Å². The van der Waals surface area contributed by atoms with E-state index in [0.717, 1.165) is 23.8 Å². The van der Waals surface area contributed by atoms with Gasteiger partial charge in [0.05, 0.1) is 5.69 Å². The first-order valence-corrected chi connectivity index (χ1v) is 9.51. The Morgan fingerprint density at radius 2 is 2.04 bits per heavy atom. The molecular weight excluding hydrogens is 324 g/mol. The van der Waals surface area contributed by atoms with Gasteiger partial charge in [-0.1, -0.05) is 0 Å². The Morgan fingerprint density at radius 1 is 1.29 bits per heavy atom. The summed E-state index contributed by atoms with van der Waals surface area (Å²) in [5.41, 5.74) is 1.96. The molecule has 0 aliphatic carbocycles. The smallest absolute Gasteiger partial charge is 0.410 e. The van der Waals surface area contributed by atoms with Crippen molar-refractivity contribution in [3.8, 4) is 0 Å². The molecule has 0 aromatic carbocycles. The molecular formula is C17H26N4O2S. The monoisotopic (exact) mass is 350 g/mol. The van der Waals surface area contributed by atoms with E-state index in [9.17, 15) is 4.79 Å². The average Bonchev–Trinajstić information content (AvgIpc) is 2.87. The molecule has 0 radical (unpaired) electrons. The van der Waals surface area contributed by atoms with Gasteiger partial charge < -0.3 is 14.5 Å². The normalized spacial score (nSPS) is 24.0. The van der Waals surface area contributed by atoms with Crippen LogP contribution in [0.25, 0.3) is 0 Å². The summed E-state index contributed by atoms with van der Waals surface area (Å²) in [6.45, 7) is 12.1. The Bertz CT molecular complexity index is 632. The zero-order chi connectivity index (χ0) is 17.5. The second-order valence-corrected chi connectivity index (χ2v) is 8.81. The number of rotatable bonds is 1. The summed E-state index contributed by atoms with van der Waals surface area (Å²) in [4.78, 5) is 25.4. The minimum absolute atomic E-state index is 0.197. The van der Waals surface area contributed by atoms with Crippen molar-refractivity contribution in [3.63, 3.8) is 0 Å². The molecule has 0 unspecified atom stereocenters. The molecule has 6 nitrogen and oxygen atoms in total. The molecule has 1 aromatic rings. The Labute approximate surface area is 148 Å². The Balaban J connectivity index is 1.74. The maximum absolute atomic E-state index is 12.3. The van der Waals surface area contributed by atoms with Gasteiger partial charge in [0.15, 0.2) is 0 Å². The van der Waals surface area contributed by atoms with Crippen molar-refractivity contribution in [3.05, 3.63) is 17.6 Å². The van der Waals surface area contributed by atoms with E-state index >= 15 is 0 Å². The SMILES string of the molecule is C[C@H]1SCc2ncnc(N3CCN(C(=O)OC(C)(C)C)C[C@@H]3C)c21. The van der Waals surface area contributed by atoms with E-state index < -0.39 is 5.60 Å². The van der Waals surface area contributed by atoms with Crippen LogP contribution in [-0.4, -0.2) is 52.2 Å². The van der Waals surface area contributed by atoms with E-state index in [0.29, 0.717) is 18.3 Å². The first kappa shape index (κ1) is 17.3. The van der Waals surface area contributed by atoms with Gasteiger partial charge in [0.25, 0.3) is 0 Å².